The molecular weight excluding hydrogens is 717 g/mol. The molecule has 2 heterocycles. The van der Waals surface area contributed by atoms with Crippen LogP contribution in [0.5, 0.6) is 0 Å². The zero-order valence-corrected chi connectivity index (χ0v) is 36.7. The van der Waals surface area contributed by atoms with Crippen LogP contribution < -0.4 is 0 Å². The van der Waals surface area contributed by atoms with Gasteiger partial charge in [0.15, 0.2) is 0 Å². The standard InChI is InChI=1S/C52H58N2O2S/c1-49(2,3)33-13-25-45-41(29-33)42-30-34(50(4,5)6)14-26-46(42)53(45)37-17-21-39(22-18-37)57(55,56)40-23-19-38(20-24-40)54-47-27-15-35(51(7,8)9)31-43(47)44-32-36(52(10,11)12)16-28-48(44)54/h13-19,21-32,38H,20H2,1-12H3. The molecule has 5 heteroatoms. The minimum atomic E-state index is -3.74. The predicted octanol–water partition coefficient (Wildman–Crippen LogP) is 13.9. The minimum Gasteiger partial charge on any atom is -0.333 e. The summed E-state index contributed by atoms with van der Waals surface area (Å²) in [4.78, 5) is 0.645. The third kappa shape index (κ3) is 6.76. The third-order valence-corrected chi connectivity index (χ3v) is 13.9. The summed E-state index contributed by atoms with van der Waals surface area (Å²) in [5.41, 5.74) is 10.7. The first-order chi connectivity index (χ1) is 26.5. The van der Waals surface area contributed by atoms with Crippen molar-refractivity contribution in [1.82, 2.24) is 9.13 Å². The highest BCUT2D eigenvalue weighted by atomic mass is 32.2. The van der Waals surface area contributed by atoms with Crippen LogP contribution in [0, 0.1) is 0 Å². The first-order valence-electron chi connectivity index (χ1n) is 20.5. The van der Waals surface area contributed by atoms with E-state index in [9.17, 15) is 8.42 Å². The van der Waals surface area contributed by atoms with Gasteiger partial charge in [-0.05, 0) is 129 Å². The first kappa shape index (κ1) is 39.0. The monoisotopic (exact) mass is 774 g/mol. The van der Waals surface area contributed by atoms with Gasteiger partial charge in [0, 0.05) is 38.3 Å². The Morgan fingerprint density at radius 1 is 0.491 bits per heavy atom. The molecule has 0 saturated carbocycles. The number of rotatable bonds is 4. The normalized spacial score (nSPS) is 16.0. The largest absolute Gasteiger partial charge is 0.333 e. The van der Waals surface area contributed by atoms with Crippen LogP contribution in [0.25, 0.3) is 49.3 Å². The summed E-state index contributed by atoms with van der Waals surface area (Å²) >= 11 is 0. The summed E-state index contributed by atoms with van der Waals surface area (Å²) in [7, 11) is -3.74. The number of allylic oxidation sites excluding steroid dienone is 3. The molecule has 1 atom stereocenters. The molecule has 0 bridgehead atoms. The minimum absolute atomic E-state index is 0.0122. The Morgan fingerprint density at radius 3 is 1.21 bits per heavy atom. The van der Waals surface area contributed by atoms with Gasteiger partial charge in [0.2, 0.25) is 9.84 Å². The molecule has 7 aromatic rings. The predicted molar refractivity (Wildman–Crippen MR) is 243 cm³/mol. The van der Waals surface area contributed by atoms with Crippen molar-refractivity contribution in [3.05, 3.63) is 142 Å². The van der Waals surface area contributed by atoms with Crippen molar-refractivity contribution in [1.29, 1.82) is 0 Å². The molecule has 8 rings (SSSR count). The van der Waals surface area contributed by atoms with Gasteiger partial charge in [0.1, 0.15) is 0 Å². The second-order valence-electron chi connectivity index (χ2n) is 20.4. The molecule has 0 amide bonds. The van der Waals surface area contributed by atoms with Crippen molar-refractivity contribution in [2.45, 2.75) is 122 Å². The SMILES string of the molecule is CC(C)(C)c1ccc2c(c1)c1cc(C(C)(C)C)ccc1n2-c1ccc(S(=O)(=O)C2=CCC(n3c4ccc(C(C)(C)C)cc4c4cc(C(C)(C)C)ccc43)C=C2)cc1. The van der Waals surface area contributed by atoms with Crippen LogP contribution in [0.1, 0.15) is 118 Å². The van der Waals surface area contributed by atoms with E-state index >= 15 is 0 Å². The Hall–Kier alpha value is -4.87. The highest BCUT2D eigenvalue weighted by Crippen LogP contribution is 2.41. The molecule has 0 radical (unpaired) electrons. The van der Waals surface area contributed by atoms with Crippen molar-refractivity contribution in [3.8, 4) is 5.69 Å². The molecule has 1 unspecified atom stereocenters. The maximum Gasteiger partial charge on any atom is 0.206 e. The molecule has 5 aromatic carbocycles. The van der Waals surface area contributed by atoms with Gasteiger partial charge in [0.05, 0.1) is 26.9 Å². The summed E-state index contributed by atoms with van der Waals surface area (Å²) in [6, 6.07) is 34.7. The Labute approximate surface area is 339 Å². The van der Waals surface area contributed by atoms with Crippen LogP contribution in [0.2, 0.25) is 0 Å². The molecule has 0 N–H and O–H groups in total. The van der Waals surface area contributed by atoms with Crippen LogP contribution in [0.4, 0.5) is 0 Å². The lowest BCUT2D eigenvalue weighted by atomic mass is 9.85. The second kappa shape index (κ2) is 13.1. The Morgan fingerprint density at radius 2 is 0.860 bits per heavy atom. The molecule has 57 heavy (non-hydrogen) atoms. The summed E-state index contributed by atoms with van der Waals surface area (Å²) < 4.78 is 33.1. The van der Waals surface area contributed by atoms with E-state index in [-0.39, 0.29) is 27.7 Å². The van der Waals surface area contributed by atoms with E-state index in [1.54, 1.807) is 12.1 Å². The molecule has 1 aliphatic rings. The summed E-state index contributed by atoms with van der Waals surface area (Å²) in [5, 5.41) is 4.90. The number of benzene rings is 5. The fourth-order valence-corrected chi connectivity index (χ4v) is 9.81. The van der Waals surface area contributed by atoms with Crippen molar-refractivity contribution in [2.75, 3.05) is 0 Å². The van der Waals surface area contributed by atoms with Gasteiger partial charge >= 0.3 is 0 Å². The summed E-state index contributed by atoms with van der Waals surface area (Å²) in [5.74, 6) is 0. The topological polar surface area (TPSA) is 44.0 Å². The molecule has 1 aliphatic carbocycles. The Kier molecular flexibility index (Phi) is 8.94. The quantitative estimate of drug-likeness (QED) is 0.179. The van der Waals surface area contributed by atoms with Gasteiger partial charge < -0.3 is 9.13 Å². The van der Waals surface area contributed by atoms with Crippen LogP contribution in [0.15, 0.2) is 125 Å². The molecule has 0 spiro atoms. The fraction of sp³-hybridized carbons (Fsp3) is 0.346. The van der Waals surface area contributed by atoms with Gasteiger partial charge in [-0.25, -0.2) is 8.42 Å². The van der Waals surface area contributed by atoms with Crippen LogP contribution in [0.3, 0.4) is 0 Å². The smallest absolute Gasteiger partial charge is 0.206 e. The van der Waals surface area contributed by atoms with E-state index in [0.29, 0.717) is 16.2 Å². The van der Waals surface area contributed by atoms with Gasteiger partial charge in [-0.3, -0.25) is 0 Å². The van der Waals surface area contributed by atoms with Crippen molar-refractivity contribution in [2.24, 2.45) is 0 Å². The molecule has 0 fully saturated rings. The van der Waals surface area contributed by atoms with Crippen molar-refractivity contribution >= 4 is 53.4 Å². The van der Waals surface area contributed by atoms with Crippen LogP contribution in [-0.4, -0.2) is 17.6 Å². The average Bonchev–Trinajstić information content (AvgIpc) is 3.65. The first-order valence-corrected chi connectivity index (χ1v) is 21.9. The molecular formula is C52H58N2O2S. The lowest BCUT2D eigenvalue weighted by molar-refractivity contribution is 0.590. The number of aromatic nitrogens is 2. The Balaban J connectivity index is 1.14. The number of hydrogen-bond donors (Lipinski definition) is 0. The van der Waals surface area contributed by atoms with Gasteiger partial charge in [-0.1, -0.05) is 120 Å². The van der Waals surface area contributed by atoms with E-state index in [4.69, 9.17) is 0 Å². The molecule has 2 aromatic heterocycles. The number of hydrogen-bond acceptors (Lipinski definition) is 2. The maximum atomic E-state index is 14.2. The van der Waals surface area contributed by atoms with Gasteiger partial charge in [-0.2, -0.15) is 0 Å². The van der Waals surface area contributed by atoms with E-state index in [0.717, 1.165) is 16.7 Å². The number of nitrogens with zero attached hydrogens (tertiary/aromatic N) is 2. The third-order valence-electron chi connectivity index (χ3n) is 12.1. The van der Waals surface area contributed by atoms with Gasteiger partial charge in [0.25, 0.3) is 0 Å². The van der Waals surface area contributed by atoms with E-state index in [1.165, 1.54) is 54.8 Å². The summed E-state index contributed by atoms with van der Waals surface area (Å²) in [6.45, 7) is 27.0. The number of fused-ring (bicyclic) bond motifs is 6. The lowest BCUT2D eigenvalue weighted by Gasteiger charge is -2.22. The Bertz CT molecular complexity index is 2760. The van der Waals surface area contributed by atoms with Crippen LogP contribution >= 0.6 is 0 Å². The molecule has 0 saturated heterocycles. The van der Waals surface area contributed by atoms with Crippen molar-refractivity contribution < 1.29 is 8.42 Å². The maximum absolute atomic E-state index is 14.2. The molecule has 4 nitrogen and oxygen atoms in total. The van der Waals surface area contributed by atoms with E-state index < -0.39 is 9.84 Å². The van der Waals surface area contributed by atoms with Gasteiger partial charge in [-0.15, -0.1) is 0 Å². The fourth-order valence-electron chi connectivity index (χ4n) is 8.47. The van der Waals surface area contributed by atoms with E-state index in [2.05, 4.69) is 171 Å². The highest BCUT2D eigenvalue weighted by molar-refractivity contribution is 7.95. The van der Waals surface area contributed by atoms with Crippen molar-refractivity contribution in [3.63, 3.8) is 0 Å². The number of sulfone groups is 1. The highest BCUT2D eigenvalue weighted by Gasteiger charge is 2.27. The lowest BCUT2D eigenvalue weighted by Crippen LogP contribution is -2.13. The van der Waals surface area contributed by atoms with Crippen LogP contribution in [-0.2, 0) is 31.5 Å². The molecule has 0 aliphatic heterocycles. The van der Waals surface area contributed by atoms with E-state index in [1.807, 2.05) is 24.3 Å². The zero-order valence-electron chi connectivity index (χ0n) is 35.9. The summed E-state index contributed by atoms with van der Waals surface area (Å²) in [6.07, 6.45) is 6.38. The second-order valence-corrected chi connectivity index (χ2v) is 22.3. The average molecular weight is 775 g/mol. The molecule has 294 valence electrons. The zero-order chi connectivity index (χ0) is 41.0.